The zero-order valence-corrected chi connectivity index (χ0v) is 23.6. The minimum absolute atomic E-state index is 0.0208. The molecule has 0 bridgehead atoms. The highest BCUT2D eigenvalue weighted by molar-refractivity contribution is 5.70. The second kappa shape index (κ2) is 12.1. The van der Waals surface area contributed by atoms with E-state index in [1.54, 1.807) is 0 Å². The predicted molar refractivity (Wildman–Crippen MR) is 158 cm³/mol. The molecule has 0 saturated heterocycles. The number of aryl methyl sites for hydroxylation is 2. The van der Waals surface area contributed by atoms with Gasteiger partial charge in [0, 0.05) is 6.42 Å². The summed E-state index contributed by atoms with van der Waals surface area (Å²) in [4.78, 5) is 19.0. The van der Waals surface area contributed by atoms with Gasteiger partial charge in [-0.2, -0.15) is 5.26 Å². The molecule has 4 aromatic rings. The molecule has 200 valence electrons. The Balaban J connectivity index is 1.69. The Labute approximate surface area is 231 Å². The molecule has 0 radical (unpaired) electrons. The Bertz CT molecular complexity index is 1520. The molecule has 0 N–H and O–H groups in total. The largest absolute Gasteiger partial charge is 0.493 e. The fraction of sp³-hybridized carbons (Fsp3) is 0.324. The van der Waals surface area contributed by atoms with Gasteiger partial charge < -0.3 is 4.74 Å². The summed E-state index contributed by atoms with van der Waals surface area (Å²) >= 11 is 0. The maximum Gasteiger partial charge on any atom is 0.261 e. The van der Waals surface area contributed by atoms with Crippen LogP contribution in [0.3, 0.4) is 0 Å². The first-order chi connectivity index (χ1) is 18.7. The third-order valence-electron chi connectivity index (χ3n) is 6.60. The second-order valence-corrected chi connectivity index (χ2v) is 11.1. The van der Waals surface area contributed by atoms with Crippen LogP contribution in [0, 0.1) is 16.7 Å². The van der Waals surface area contributed by atoms with Gasteiger partial charge in [0.1, 0.15) is 11.6 Å². The lowest BCUT2D eigenvalue weighted by Crippen LogP contribution is -2.29. The van der Waals surface area contributed by atoms with Crippen molar-refractivity contribution in [2.75, 3.05) is 6.61 Å². The van der Waals surface area contributed by atoms with Gasteiger partial charge in [-0.1, -0.05) is 89.2 Å². The Morgan fingerprint density at radius 1 is 0.923 bits per heavy atom. The van der Waals surface area contributed by atoms with Crippen molar-refractivity contribution < 1.29 is 4.74 Å². The minimum Gasteiger partial charge on any atom is -0.493 e. The molecular weight excluding hydrogens is 482 g/mol. The molecule has 0 aliphatic carbocycles. The van der Waals surface area contributed by atoms with Crippen LogP contribution in [0.15, 0.2) is 77.6 Å². The van der Waals surface area contributed by atoms with Gasteiger partial charge in [0.2, 0.25) is 0 Å². The van der Waals surface area contributed by atoms with Crippen LogP contribution in [0.4, 0.5) is 0 Å². The first-order valence-electron chi connectivity index (χ1n) is 13.7. The van der Waals surface area contributed by atoms with Gasteiger partial charge in [0.15, 0.2) is 0 Å². The van der Waals surface area contributed by atoms with E-state index >= 15 is 0 Å². The molecule has 5 nitrogen and oxygen atoms in total. The third-order valence-corrected chi connectivity index (χ3v) is 6.60. The Hall–Kier alpha value is -4.17. The van der Waals surface area contributed by atoms with Crippen LogP contribution < -0.4 is 10.3 Å². The number of benzene rings is 3. The zero-order valence-electron chi connectivity index (χ0n) is 23.6. The van der Waals surface area contributed by atoms with E-state index in [9.17, 15) is 10.1 Å². The first kappa shape index (κ1) is 27.9. The van der Waals surface area contributed by atoms with E-state index in [-0.39, 0.29) is 11.0 Å². The molecule has 0 aliphatic rings. The van der Waals surface area contributed by atoms with Crippen LogP contribution in [0.1, 0.15) is 63.7 Å². The normalized spacial score (nSPS) is 11.3. The van der Waals surface area contributed by atoms with E-state index in [1.807, 2.05) is 84.3 Å². The summed E-state index contributed by atoms with van der Waals surface area (Å²) in [6.07, 6.45) is 2.31. The van der Waals surface area contributed by atoms with Crippen LogP contribution in [0.25, 0.3) is 22.3 Å². The molecule has 0 unspecified atom stereocenters. The van der Waals surface area contributed by atoms with Crippen molar-refractivity contribution in [2.24, 2.45) is 5.41 Å². The summed E-state index contributed by atoms with van der Waals surface area (Å²) in [7, 11) is 0. The monoisotopic (exact) mass is 519 g/mol. The van der Waals surface area contributed by atoms with E-state index in [4.69, 9.17) is 9.72 Å². The average Bonchev–Trinajstić information content (AvgIpc) is 2.94. The first-order valence-corrected chi connectivity index (χ1v) is 13.7. The quantitative estimate of drug-likeness (QED) is 0.230. The predicted octanol–water partition coefficient (Wildman–Crippen LogP) is 7.44. The molecule has 0 amide bonds. The SMILES string of the molecule is CCCc1nc(CC)c(-c2ccc(OCC(C)(C)C)cc2)c(=O)n1Cc1ccc(-c2ccccc2C#N)cc1. The van der Waals surface area contributed by atoms with Crippen LogP contribution in [-0.4, -0.2) is 16.2 Å². The minimum atomic E-state index is -0.0208. The third kappa shape index (κ3) is 6.64. The van der Waals surface area contributed by atoms with Crippen molar-refractivity contribution in [1.29, 1.82) is 5.26 Å². The van der Waals surface area contributed by atoms with Crippen molar-refractivity contribution in [1.82, 2.24) is 9.55 Å². The van der Waals surface area contributed by atoms with Crippen molar-refractivity contribution in [3.8, 4) is 34.1 Å². The number of hydrogen-bond acceptors (Lipinski definition) is 4. The van der Waals surface area contributed by atoms with E-state index < -0.39 is 0 Å². The molecule has 5 heteroatoms. The number of rotatable bonds is 9. The van der Waals surface area contributed by atoms with Gasteiger partial charge in [-0.05, 0) is 58.7 Å². The van der Waals surface area contributed by atoms with E-state index in [1.165, 1.54) is 0 Å². The fourth-order valence-electron chi connectivity index (χ4n) is 4.59. The smallest absolute Gasteiger partial charge is 0.261 e. The number of aromatic nitrogens is 2. The number of nitrogens with zero attached hydrogens (tertiary/aromatic N) is 3. The summed E-state index contributed by atoms with van der Waals surface area (Å²) in [5.41, 5.74) is 5.91. The van der Waals surface area contributed by atoms with Gasteiger partial charge in [-0.3, -0.25) is 9.36 Å². The van der Waals surface area contributed by atoms with Crippen molar-refractivity contribution >= 4 is 0 Å². The Morgan fingerprint density at radius 3 is 2.21 bits per heavy atom. The van der Waals surface area contributed by atoms with Crippen LogP contribution in [0.2, 0.25) is 0 Å². The zero-order chi connectivity index (χ0) is 28.0. The molecule has 0 aliphatic heterocycles. The second-order valence-electron chi connectivity index (χ2n) is 11.1. The van der Waals surface area contributed by atoms with Crippen LogP contribution in [-0.2, 0) is 19.4 Å². The molecule has 0 saturated carbocycles. The van der Waals surface area contributed by atoms with Gasteiger partial charge in [0.05, 0.1) is 36.0 Å². The summed E-state index contributed by atoms with van der Waals surface area (Å²) in [5, 5.41) is 9.48. The number of nitriles is 1. The lowest BCUT2D eigenvalue weighted by molar-refractivity contribution is 0.198. The van der Waals surface area contributed by atoms with Crippen molar-refractivity contribution in [3.05, 3.63) is 106 Å². The summed E-state index contributed by atoms with van der Waals surface area (Å²) in [6.45, 7) is 11.6. The molecule has 4 rings (SSSR count). The summed E-state index contributed by atoms with van der Waals surface area (Å²) in [6, 6.07) is 25.7. The van der Waals surface area contributed by atoms with E-state index in [2.05, 4.69) is 33.8 Å². The summed E-state index contributed by atoms with van der Waals surface area (Å²) in [5.74, 6) is 1.60. The van der Waals surface area contributed by atoms with Crippen LogP contribution >= 0.6 is 0 Å². The fourth-order valence-corrected chi connectivity index (χ4v) is 4.59. The number of ether oxygens (including phenoxy) is 1. The highest BCUT2D eigenvalue weighted by Crippen LogP contribution is 2.26. The van der Waals surface area contributed by atoms with Crippen molar-refractivity contribution in [2.45, 2.75) is 60.4 Å². The molecule has 0 fully saturated rings. The highest BCUT2D eigenvalue weighted by Gasteiger charge is 2.18. The molecule has 39 heavy (non-hydrogen) atoms. The standard InChI is InChI=1S/C34H37N3O2/c1-6-10-31-36-30(7-2)32(26-17-19-28(20-18-26)39-23-34(3,4)5)33(38)37(31)22-24-13-15-25(16-14-24)29-12-9-8-11-27(29)21-35/h8-9,11-20H,6-7,10,22-23H2,1-5H3. The molecule has 1 aromatic heterocycles. The van der Waals surface area contributed by atoms with E-state index in [0.717, 1.165) is 52.4 Å². The maximum absolute atomic E-state index is 14.0. The van der Waals surface area contributed by atoms with Crippen LogP contribution in [0.5, 0.6) is 5.75 Å². The lowest BCUT2D eigenvalue weighted by Gasteiger charge is -2.19. The van der Waals surface area contributed by atoms with Crippen molar-refractivity contribution in [3.63, 3.8) is 0 Å². The molecule has 0 atom stereocenters. The Kier molecular flexibility index (Phi) is 8.66. The molecule has 3 aromatic carbocycles. The number of hydrogen-bond donors (Lipinski definition) is 0. The summed E-state index contributed by atoms with van der Waals surface area (Å²) < 4.78 is 7.76. The maximum atomic E-state index is 14.0. The lowest BCUT2D eigenvalue weighted by atomic mass is 9.98. The van der Waals surface area contributed by atoms with Gasteiger partial charge in [-0.25, -0.2) is 4.98 Å². The molecule has 1 heterocycles. The Morgan fingerprint density at radius 2 is 1.59 bits per heavy atom. The van der Waals surface area contributed by atoms with Gasteiger partial charge >= 0.3 is 0 Å². The highest BCUT2D eigenvalue weighted by atomic mass is 16.5. The average molecular weight is 520 g/mol. The molecule has 0 spiro atoms. The topological polar surface area (TPSA) is 67.9 Å². The van der Waals surface area contributed by atoms with Gasteiger partial charge in [-0.15, -0.1) is 0 Å². The van der Waals surface area contributed by atoms with E-state index in [0.29, 0.717) is 30.7 Å². The molecular formula is C34H37N3O2. The van der Waals surface area contributed by atoms with Gasteiger partial charge in [0.25, 0.3) is 5.56 Å².